The van der Waals surface area contributed by atoms with Crippen LogP contribution in [0.1, 0.15) is 52.7 Å². The summed E-state index contributed by atoms with van der Waals surface area (Å²) in [6.07, 6.45) is 4.05. The van der Waals surface area contributed by atoms with Crippen molar-refractivity contribution in [2.75, 3.05) is 7.11 Å². The summed E-state index contributed by atoms with van der Waals surface area (Å²) in [5.74, 6) is -0.00692. The first-order chi connectivity index (χ1) is 16.0. The van der Waals surface area contributed by atoms with Gasteiger partial charge >= 0.3 is 0 Å². The molecule has 174 valence electrons. The molecule has 33 heavy (non-hydrogen) atoms. The first-order valence-electron chi connectivity index (χ1n) is 10.6. The van der Waals surface area contributed by atoms with Crippen LogP contribution in [0.25, 0.3) is 0 Å². The fourth-order valence-corrected chi connectivity index (χ4v) is 5.68. The number of hydrogen-bond acceptors (Lipinski definition) is 6. The van der Waals surface area contributed by atoms with Crippen molar-refractivity contribution in [2.24, 2.45) is 0 Å². The summed E-state index contributed by atoms with van der Waals surface area (Å²) in [7, 11) is 1.58. The van der Waals surface area contributed by atoms with Gasteiger partial charge in [0.15, 0.2) is 5.69 Å². The Balaban J connectivity index is 1.75. The lowest BCUT2D eigenvalue weighted by Crippen LogP contribution is -2.46. The maximum absolute atomic E-state index is 13.7. The molecule has 1 aliphatic carbocycles. The number of halogens is 2. The number of ether oxygens (including phenoxy) is 1. The molecule has 1 unspecified atom stereocenters. The molecule has 10 heteroatoms. The van der Waals surface area contributed by atoms with Crippen molar-refractivity contribution in [2.45, 2.75) is 44.3 Å². The van der Waals surface area contributed by atoms with Crippen molar-refractivity contribution in [1.29, 1.82) is 0 Å². The van der Waals surface area contributed by atoms with E-state index in [4.69, 9.17) is 27.9 Å². The minimum absolute atomic E-state index is 0.0513. The van der Waals surface area contributed by atoms with Gasteiger partial charge < -0.3 is 15.0 Å². The fourth-order valence-electron chi connectivity index (χ4n) is 3.99. The zero-order valence-corrected chi connectivity index (χ0v) is 21.1. The van der Waals surface area contributed by atoms with E-state index in [0.717, 1.165) is 42.1 Å². The average Bonchev–Trinajstić information content (AvgIpc) is 3.58. The Kier molecular flexibility index (Phi) is 7.90. The molecule has 0 spiro atoms. The number of amides is 2. The van der Waals surface area contributed by atoms with Gasteiger partial charge in [-0.15, -0.1) is 11.3 Å². The van der Waals surface area contributed by atoms with Crippen LogP contribution < -0.4 is 10.1 Å². The second kappa shape index (κ2) is 10.9. The zero-order chi connectivity index (χ0) is 23.4. The van der Waals surface area contributed by atoms with Crippen LogP contribution in [0.5, 0.6) is 5.75 Å². The van der Waals surface area contributed by atoms with Crippen LogP contribution in [-0.4, -0.2) is 34.2 Å². The molecule has 1 saturated carbocycles. The van der Waals surface area contributed by atoms with Crippen LogP contribution >= 0.6 is 46.1 Å². The second-order valence-electron chi connectivity index (χ2n) is 7.80. The number of hydrogen-bond donors (Lipinski definition) is 1. The number of thiophene rings is 1. The number of methoxy groups -OCH3 is 1. The smallest absolute Gasteiger partial charge is 0.276 e. The summed E-state index contributed by atoms with van der Waals surface area (Å²) < 4.78 is 9.69. The Bertz CT molecular complexity index is 1100. The molecule has 0 radical (unpaired) electrons. The molecule has 3 aromatic rings. The molecule has 2 amide bonds. The minimum Gasteiger partial charge on any atom is -0.497 e. The minimum atomic E-state index is -0.873. The van der Waals surface area contributed by atoms with Crippen LogP contribution in [-0.2, 0) is 11.3 Å². The number of nitrogens with zero attached hydrogens (tertiary/aromatic N) is 2. The molecule has 1 fully saturated rings. The molecule has 1 N–H and O–H groups in total. The van der Waals surface area contributed by atoms with E-state index >= 15 is 0 Å². The highest BCUT2D eigenvalue weighted by Crippen LogP contribution is 2.34. The molecule has 1 atom stereocenters. The lowest BCUT2D eigenvalue weighted by molar-refractivity contribution is -0.126. The summed E-state index contributed by atoms with van der Waals surface area (Å²) in [6, 6.07) is 10.3. The van der Waals surface area contributed by atoms with Gasteiger partial charge in [-0.05, 0) is 53.5 Å². The Morgan fingerprint density at radius 1 is 1.21 bits per heavy atom. The van der Waals surface area contributed by atoms with Crippen LogP contribution in [0.2, 0.25) is 9.36 Å². The highest BCUT2D eigenvalue weighted by atomic mass is 35.5. The first kappa shape index (κ1) is 24.0. The van der Waals surface area contributed by atoms with Crippen molar-refractivity contribution in [3.8, 4) is 5.75 Å². The van der Waals surface area contributed by atoms with Gasteiger partial charge in [-0.3, -0.25) is 9.59 Å². The molecular formula is C23H23Cl2N3O3S2. The maximum atomic E-state index is 13.7. The van der Waals surface area contributed by atoms with Crippen molar-refractivity contribution < 1.29 is 14.3 Å². The van der Waals surface area contributed by atoms with E-state index in [9.17, 15) is 9.59 Å². The third-order valence-corrected chi connectivity index (χ3v) is 8.13. The Morgan fingerprint density at radius 2 is 1.94 bits per heavy atom. The van der Waals surface area contributed by atoms with Crippen LogP contribution in [0.4, 0.5) is 0 Å². The molecule has 4 rings (SSSR count). The number of carbonyl (C=O) groups excluding carboxylic acids is 2. The summed E-state index contributed by atoms with van der Waals surface area (Å²) in [5, 5.41) is 5.20. The second-order valence-corrected chi connectivity index (χ2v) is 10.6. The van der Waals surface area contributed by atoms with Crippen LogP contribution in [0.15, 0.2) is 41.8 Å². The van der Waals surface area contributed by atoms with Gasteiger partial charge in [0.1, 0.15) is 21.2 Å². The summed E-state index contributed by atoms with van der Waals surface area (Å²) in [6.45, 7) is 0.233. The summed E-state index contributed by atoms with van der Waals surface area (Å²) >= 11 is 14.8. The largest absolute Gasteiger partial charge is 0.497 e. The fraction of sp³-hybridized carbons (Fsp3) is 0.348. The molecule has 6 nitrogen and oxygen atoms in total. The Labute approximate surface area is 210 Å². The zero-order valence-electron chi connectivity index (χ0n) is 17.9. The van der Waals surface area contributed by atoms with E-state index in [1.54, 1.807) is 19.2 Å². The van der Waals surface area contributed by atoms with Crippen molar-refractivity contribution in [1.82, 2.24) is 14.6 Å². The van der Waals surface area contributed by atoms with E-state index in [-0.39, 0.29) is 33.5 Å². The van der Waals surface area contributed by atoms with E-state index < -0.39 is 11.9 Å². The lowest BCUT2D eigenvalue weighted by atomic mass is 10.0. The van der Waals surface area contributed by atoms with E-state index in [0.29, 0.717) is 11.3 Å². The summed E-state index contributed by atoms with van der Waals surface area (Å²) in [5.41, 5.74) is 0.726. The highest BCUT2D eigenvalue weighted by Gasteiger charge is 2.36. The van der Waals surface area contributed by atoms with Crippen LogP contribution in [0, 0.1) is 0 Å². The molecule has 2 heterocycles. The first-order valence-corrected chi connectivity index (χ1v) is 13.0. The van der Waals surface area contributed by atoms with Gasteiger partial charge in [-0.25, -0.2) is 0 Å². The van der Waals surface area contributed by atoms with E-state index in [2.05, 4.69) is 9.69 Å². The molecule has 2 aromatic heterocycles. The van der Waals surface area contributed by atoms with Gasteiger partial charge in [0.05, 0.1) is 13.7 Å². The molecule has 1 aromatic carbocycles. The standard InChI is InChI=1S/C23H23Cl2N3O3S2/c1-31-16-10-8-14(9-11-16)20(22(29)26-15-5-2-3-6-15)28(13-17-7-4-12-32-17)23(30)19-18(24)21(25)33-27-19/h4,7-12,15,20H,2-3,5-6,13H2,1H3,(H,26,29). The van der Waals surface area contributed by atoms with Crippen molar-refractivity contribution in [3.05, 3.63) is 67.3 Å². The van der Waals surface area contributed by atoms with Crippen LogP contribution in [0.3, 0.4) is 0 Å². The predicted octanol–water partition coefficient (Wildman–Crippen LogP) is 5.96. The van der Waals surface area contributed by atoms with Gasteiger partial charge in [0, 0.05) is 10.9 Å². The number of benzene rings is 1. The molecule has 1 aliphatic rings. The number of carbonyl (C=O) groups is 2. The number of rotatable bonds is 8. The van der Waals surface area contributed by atoms with E-state index in [1.165, 1.54) is 16.2 Å². The highest BCUT2D eigenvalue weighted by molar-refractivity contribution is 7.11. The van der Waals surface area contributed by atoms with Gasteiger partial charge in [0.25, 0.3) is 5.91 Å². The monoisotopic (exact) mass is 523 g/mol. The SMILES string of the molecule is COc1ccc(C(C(=O)NC2CCCC2)N(Cc2cccs2)C(=O)c2nsc(Cl)c2Cl)cc1. The Hall–Kier alpha value is -2.13. The molecular weight excluding hydrogens is 501 g/mol. The molecule has 0 bridgehead atoms. The third kappa shape index (κ3) is 5.51. The van der Waals surface area contributed by atoms with Crippen molar-refractivity contribution in [3.63, 3.8) is 0 Å². The topological polar surface area (TPSA) is 71.5 Å². The number of nitrogens with one attached hydrogen (secondary N) is 1. The molecule has 0 aliphatic heterocycles. The molecule has 0 saturated heterocycles. The van der Waals surface area contributed by atoms with Gasteiger partial charge in [-0.1, -0.05) is 54.2 Å². The predicted molar refractivity (Wildman–Crippen MR) is 132 cm³/mol. The quantitative estimate of drug-likeness (QED) is 0.395. The maximum Gasteiger partial charge on any atom is 0.276 e. The third-order valence-electron chi connectivity index (χ3n) is 5.66. The van der Waals surface area contributed by atoms with Gasteiger partial charge in [-0.2, -0.15) is 4.37 Å². The average molecular weight is 524 g/mol. The summed E-state index contributed by atoms with van der Waals surface area (Å²) in [4.78, 5) is 29.8. The van der Waals surface area contributed by atoms with E-state index in [1.807, 2.05) is 29.6 Å². The van der Waals surface area contributed by atoms with Gasteiger partial charge in [0.2, 0.25) is 5.91 Å². The Morgan fingerprint density at radius 3 is 2.52 bits per heavy atom. The number of aromatic nitrogens is 1. The normalized spacial score (nSPS) is 14.8. The van der Waals surface area contributed by atoms with Crippen molar-refractivity contribution >= 4 is 57.9 Å². The lowest BCUT2D eigenvalue weighted by Gasteiger charge is -2.31.